The van der Waals surface area contributed by atoms with Gasteiger partial charge in [0.15, 0.2) is 0 Å². The standard InChI is InChI=1S/C18H17O2P/c19-17-13-7-8-14-18(17)21(20,15-9-3-1-4-10-15)16-11-5-2-6-12-16/h1-14,19-21H. The summed E-state index contributed by atoms with van der Waals surface area (Å²) in [6.07, 6.45) is 0. The van der Waals surface area contributed by atoms with Gasteiger partial charge in [0.25, 0.3) is 0 Å². The van der Waals surface area contributed by atoms with Gasteiger partial charge in [-0.1, -0.05) is 0 Å². The summed E-state index contributed by atoms with van der Waals surface area (Å²) >= 11 is 0. The van der Waals surface area contributed by atoms with Gasteiger partial charge in [-0.25, -0.2) is 0 Å². The van der Waals surface area contributed by atoms with E-state index in [1.807, 2.05) is 72.8 Å². The molecule has 3 aromatic rings. The SMILES string of the molecule is Oc1ccccc1[PH](O)(c1ccccc1)c1ccccc1. The fraction of sp³-hybridized carbons (Fsp3) is 0. The summed E-state index contributed by atoms with van der Waals surface area (Å²) in [5, 5.41) is 12.6. The van der Waals surface area contributed by atoms with E-state index in [9.17, 15) is 10.00 Å². The van der Waals surface area contributed by atoms with Gasteiger partial charge in [-0.2, -0.15) is 0 Å². The van der Waals surface area contributed by atoms with Crippen molar-refractivity contribution in [3.8, 4) is 5.75 Å². The van der Waals surface area contributed by atoms with Crippen molar-refractivity contribution in [2.45, 2.75) is 0 Å². The first-order valence-electron chi connectivity index (χ1n) is 6.85. The van der Waals surface area contributed by atoms with Crippen molar-refractivity contribution < 1.29 is 10.00 Å². The van der Waals surface area contributed by atoms with Crippen LogP contribution in [0.4, 0.5) is 0 Å². The van der Waals surface area contributed by atoms with Crippen LogP contribution in [0.5, 0.6) is 5.75 Å². The molecule has 3 aromatic carbocycles. The van der Waals surface area contributed by atoms with E-state index in [-0.39, 0.29) is 5.75 Å². The Balaban J connectivity index is 2.29. The Labute approximate surface area is 124 Å². The molecule has 0 spiro atoms. The van der Waals surface area contributed by atoms with Crippen LogP contribution in [0.15, 0.2) is 84.9 Å². The van der Waals surface area contributed by atoms with E-state index in [2.05, 4.69) is 0 Å². The van der Waals surface area contributed by atoms with E-state index in [4.69, 9.17) is 0 Å². The first-order chi connectivity index (χ1) is 10.2. The van der Waals surface area contributed by atoms with Gasteiger partial charge in [-0.05, 0) is 0 Å². The van der Waals surface area contributed by atoms with Crippen molar-refractivity contribution in [2.24, 2.45) is 0 Å². The second kappa shape index (κ2) is 5.69. The predicted molar refractivity (Wildman–Crippen MR) is 90.4 cm³/mol. The fourth-order valence-corrected chi connectivity index (χ4v) is 5.71. The molecular formula is C18H17O2P. The van der Waals surface area contributed by atoms with Gasteiger partial charge in [0.2, 0.25) is 0 Å². The average Bonchev–Trinajstić information content (AvgIpc) is 2.56. The van der Waals surface area contributed by atoms with Gasteiger partial charge in [-0.15, -0.1) is 0 Å². The Bertz CT molecular complexity index is 687. The summed E-state index contributed by atoms with van der Waals surface area (Å²) in [6, 6.07) is 26.2. The third kappa shape index (κ3) is 2.44. The third-order valence-electron chi connectivity index (χ3n) is 3.68. The monoisotopic (exact) mass is 296 g/mol. The number of hydrogen-bond acceptors (Lipinski definition) is 2. The number of para-hydroxylation sites is 1. The third-order valence-corrected chi connectivity index (χ3v) is 7.22. The van der Waals surface area contributed by atoms with Crippen molar-refractivity contribution >= 4 is 23.4 Å². The van der Waals surface area contributed by atoms with Crippen LogP contribution < -0.4 is 15.9 Å². The Morgan fingerprint density at radius 3 is 1.48 bits per heavy atom. The number of aromatic hydroxyl groups is 1. The van der Waals surface area contributed by atoms with Crippen molar-refractivity contribution in [3.05, 3.63) is 84.9 Å². The predicted octanol–water partition coefficient (Wildman–Crippen LogP) is 2.33. The molecule has 0 heterocycles. The molecule has 21 heavy (non-hydrogen) atoms. The fourth-order valence-electron chi connectivity index (χ4n) is 2.62. The Hall–Kier alpha value is -2.15. The maximum absolute atomic E-state index is 11.6. The Morgan fingerprint density at radius 2 is 1.00 bits per heavy atom. The topological polar surface area (TPSA) is 40.5 Å². The van der Waals surface area contributed by atoms with Crippen LogP contribution in [0.1, 0.15) is 0 Å². The number of phenolic OH excluding ortho intramolecular Hbond substituents is 1. The molecule has 106 valence electrons. The number of rotatable bonds is 3. The quantitative estimate of drug-likeness (QED) is 0.728. The molecule has 0 fully saturated rings. The molecule has 3 rings (SSSR count). The second-order valence-electron chi connectivity index (χ2n) is 4.96. The first-order valence-corrected chi connectivity index (χ1v) is 8.79. The van der Waals surface area contributed by atoms with E-state index >= 15 is 0 Å². The molecule has 2 N–H and O–H groups in total. The van der Waals surface area contributed by atoms with Crippen molar-refractivity contribution in [1.82, 2.24) is 0 Å². The molecule has 0 radical (unpaired) electrons. The summed E-state index contributed by atoms with van der Waals surface area (Å²) < 4.78 is 0. The molecule has 0 bridgehead atoms. The minimum atomic E-state index is -3.17. The van der Waals surface area contributed by atoms with Crippen LogP contribution in [-0.4, -0.2) is 10.00 Å². The first kappa shape index (κ1) is 13.8. The van der Waals surface area contributed by atoms with E-state index in [1.165, 1.54) is 0 Å². The molecule has 0 unspecified atom stereocenters. The van der Waals surface area contributed by atoms with Crippen LogP contribution in [0, 0.1) is 0 Å². The van der Waals surface area contributed by atoms with Gasteiger partial charge in [0, 0.05) is 0 Å². The van der Waals surface area contributed by atoms with Crippen molar-refractivity contribution in [3.63, 3.8) is 0 Å². The molecular weight excluding hydrogens is 279 g/mol. The van der Waals surface area contributed by atoms with E-state index in [0.29, 0.717) is 5.30 Å². The van der Waals surface area contributed by atoms with Crippen molar-refractivity contribution in [2.75, 3.05) is 0 Å². The van der Waals surface area contributed by atoms with E-state index < -0.39 is 7.49 Å². The van der Waals surface area contributed by atoms with Crippen LogP contribution >= 0.6 is 7.49 Å². The summed E-state index contributed by atoms with van der Waals surface area (Å²) in [6.45, 7) is 0. The van der Waals surface area contributed by atoms with Crippen molar-refractivity contribution in [1.29, 1.82) is 0 Å². The number of phenols is 1. The molecule has 0 aliphatic heterocycles. The van der Waals surface area contributed by atoms with Crippen LogP contribution in [0.2, 0.25) is 0 Å². The van der Waals surface area contributed by atoms with Crippen LogP contribution in [0.3, 0.4) is 0 Å². The van der Waals surface area contributed by atoms with Crippen LogP contribution in [0.25, 0.3) is 0 Å². The molecule has 0 saturated heterocycles. The van der Waals surface area contributed by atoms with Crippen LogP contribution in [-0.2, 0) is 0 Å². The molecule has 0 aromatic heterocycles. The van der Waals surface area contributed by atoms with Gasteiger partial charge in [0.1, 0.15) is 0 Å². The number of hydrogen-bond donors (Lipinski definition) is 2. The summed E-state index contributed by atoms with van der Waals surface area (Å²) in [5.74, 6) is 0.138. The summed E-state index contributed by atoms with van der Waals surface area (Å²) in [7, 11) is -3.17. The van der Waals surface area contributed by atoms with E-state index in [1.54, 1.807) is 12.1 Å². The Morgan fingerprint density at radius 1 is 0.571 bits per heavy atom. The zero-order chi connectivity index (χ0) is 14.7. The zero-order valence-electron chi connectivity index (χ0n) is 11.5. The number of benzene rings is 3. The maximum atomic E-state index is 11.6. The molecule has 0 aliphatic rings. The second-order valence-corrected chi connectivity index (χ2v) is 8.07. The van der Waals surface area contributed by atoms with Gasteiger partial charge < -0.3 is 0 Å². The van der Waals surface area contributed by atoms with Gasteiger partial charge >= 0.3 is 124 Å². The molecule has 2 nitrogen and oxygen atoms in total. The summed E-state index contributed by atoms with van der Waals surface area (Å²) in [4.78, 5) is 11.6. The molecule has 0 amide bonds. The zero-order valence-corrected chi connectivity index (χ0v) is 12.5. The van der Waals surface area contributed by atoms with Gasteiger partial charge in [-0.3, -0.25) is 0 Å². The molecule has 3 heteroatoms. The molecule has 0 aliphatic carbocycles. The average molecular weight is 296 g/mol. The van der Waals surface area contributed by atoms with E-state index in [0.717, 1.165) is 10.6 Å². The normalized spacial score (nSPS) is 12.0. The summed E-state index contributed by atoms with van der Waals surface area (Å²) in [5.41, 5.74) is 0. The molecule has 0 saturated carbocycles. The molecule has 0 atom stereocenters. The minimum absolute atomic E-state index is 0.138. The van der Waals surface area contributed by atoms with Gasteiger partial charge in [0.05, 0.1) is 0 Å². The Kier molecular flexibility index (Phi) is 3.74.